The van der Waals surface area contributed by atoms with Crippen molar-refractivity contribution in [3.05, 3.63) is 33.9 Å². The van der Waals surface area contributed by atoms with Crippen LogP contribution >= 0.6 is 34.8 Å². The van der Waals surface area contributed by atoms with E-state index in [1.807, 2.05) is 0 Å². The Labute approximate surface area is 120 Å². The molecule has 1 aliphatic rings. The molecule has 1 rings (SSSR count). The molecule has 0 aromatic heterocycles. The molecule has 98 valence electrons. The Kier molecular flexibility index (Phi) is 4.65. The van der Waals surface area contributed by atoms with E-state index in [2.05, 4.69) is 0 Å². The van der Waals surface area contributed by atoms with Crippen molar-refractivity contribution in [3.63, 3.8) is 0 Å². The van der Waals surface area contributed by atoms with Gasteiger partial charge >= 0.3 is 5.97 Å². The van der Waals surface area contributed by atoms with Crippen LogP contribution in [0.2, 0.25) is 0 Å². The molecule has 1 aliphatic carbocycles. The first-order valence-electron chi connectivity index (χ1n) is 5.09. The molecule has 0 heterocycles. The highest BCUT2D eigenvalue weighted by atomic mass is 35.5. The topological polar surface area (TPSA) is 54.4 Å². The van der Waals surface area contributed by atoms with Crippen molar-refractivity contribution in [1.82, 2.24) is 0 Å². The van der Waals surface area contributed by atoms with Crippen molar-refractivity contribution in [2.75, 3.05) is 0 Å². The van der Waals surface area contributed by atoms with Crippen LogP contribution in [-0.2, 0) is 9.59 Å². The fourth-order valence-corrected chi connectivity index (χ4v) is 2.99. The number of ketones is 1. The van der Waals surface area contributed by atoms with Crippen LogP contribution in [0, 0.1) is 5.92 Å². The molecule has 1 N–H and O–H groups in total. The molecule has 6 heteroatoms. The molecular weight excluding hydrogens is 298 g/mol. The molecular formula is C12H11Cl3O3. The predicted molar refractivity (Wildman–Crippen MR) is 72.0 cm³/mol. The number of alkyl halides is 1. The third-order valence-corrected chi connectivity index (χ3v) is 3.75. The summed E-state index contributed by atoms with van der Waals surface area (Å²) in [5.74, 6) is -3.14. The fourth-order valence-electron chi connectivity index (χ4n) is 1.67. The average molecular weight is 310 g/mol. The summed E-state index contributed by atoms with van der Waals surface area (Å²) < 4.78 is 0. The highest BCUT2D eigenvalue weighted by Gasteiger charge is 2.50. The Morgan fingerprint density at radius 2 is 2.00 bits per heavy atom. The molecule has 0 aromatic rings. The summed E-state index contributed by atoms with van der Waals surface area (Å²) >= 11 is 17.8. The zero-order chi connectivity index (χ0) is 14.1. The van der Waals surface area contributed by atoms with Crippen LogP contribution in [0.25, 0.3) is 0 Å². The summed E-state index contributed by atoms with van der Waals surface area (Å²) in [4.78, 5) is 21.7. The predicted octanol–water partition coefficient (Wildman–Crippen LogP) is 3.46. The summed E-state index contributed by atoms with van der Waals surface area (Å²) in [5.41, 5.74) is 0.350. The maximum absolute atomic E-state index is 12.2. The minimum absolute atomic E-state index is 0.0674. The Hall–Kier alpha value is -0.770. The van der Waals surface area contributed by atoms with Gasteiger partial charge in [0.05, 0.1) is 0 Å². The van der Waals surface area contributed by atoms with Gasteiger partial charge in [-0.2, -0.15) is 0 Å². The second-order valence-corrected chi connectivity index (χ2v) is 5.40. The van der Waals surface area contributed by atoms with Crippen LogP contribution in [0.4, 0.5) is 0 Å². The highest BCUT2D eigenvalue weighted by molar-refractivity contribution is 6.45. The first-order chi connectivity index (χ1) is 8.24. The molecule has 0 amide bonds. The van der Waals surface area contributed by atoms with Crippen molar-refractivity contribution >= 4 is 46.6 Å². The lowest BCUT2D eigenvalue weighted by Crippen LogP contribution is -2.45. The number of carboxylic acid groups (broad SMARTS) is 1. The van der Waals surface area contributed by atoms with Crippen molar-refractivity contribution in [1.29, 1.82) is 0 Å². The van der Waals surface area contributed by atoms with Crippen molar-refractivity contribution in [3.8, 4) is 0 Å². The summed E-state index contributed by atoms with van der Waals surface area (Å²) in [6, 6.07) is 0. The number of carbonyl (C=O) groups excluding carboxylic acids is 1. The van der Waals surface area contributed by atoms with E-state index in [4.69, 9.17) is 34.8 Å². The van der Waals surface area contributed by atoms with Crippen LogP contribution in [0.5, 0.6) is 0 Å². The van der Waals surface area contributed by atoms with Gasteiger partial charge in [0.2, 0.25) is 0 Å². The number of Topliss-reactive ketones (excluding diaryl/α,β-unsaturated/α-hetero) is 1. The Morgan fingerprint density at radius 3 is 2.44 bits per heavy atom. The molecule has 18 heavy (non-hydrogen) atoms. The number of carbonyl (C=O) groups is 2. The third kappa shape index (κ3) is 2.63. The largest absolute Gasteiger partial charge is 0.481 e. The second-order valence-electron chi connectivity index (χ2n) is 3.90. The van der Waals surface area contributed by atoms with Gasteiger partial charge in [-0.05, 0) is 31.6 Å². The molecule has 0 bridgehead atoms. The van der Waals surface area contributed by atoms with Crippen LogP contribution in [0.15, 0.2) is 33.9 Å². The van der Waals surface area contributed by atoms with E-state index in [1.165, 1.54) is 12.2 Å². The van der Waals surface area contributed by atoms with Crippen molar-refractivity contribution in [2.45, 2.75) is 18.7 Å². The van der Waals surface area contributed by atoms with Gasteiger partial charge in [-0.15, -0.1) is 11.6 Å². The number of allylic oxidation sites excluding steroid dienone is 5. The standard InChI is InChI=1S/C12H11Cl3O3/c1-3-6(2)10(16)12(15)5-7(13)4-8(14)9(12)11(17)18/h3-5,9H,1-2H3,(H,17,18)/b6-3-. The first-order valence-corrected chi connectivity index (χ1v) is 6.22. The van der Waals surface area contributed by atoms with Gasteiger partial charge in [0.15, 0.2) is 5.78 Å². The zero-order valence-corrected chi connectivity index (χ0v) is 12.0. The Balaban J connectivity index is 3.38. The quantitative estimate of drug-likeness (QED) is 0.641. The maximum Gasteiger partial charge on any atom is 0.314 e. The molecule has 0 aromatic carbocycles. The SMILES string of the molecule is C/C=C(/C)C(=O)C1(Cl)C=C(Cl)C=C(Cl)C1C(=O)O. The lowest BCUT2D eigenvalue weighted by molar-refractivity contribution is -0.142. The van der Waals surface area contributed by atoms with Crippen molar-refractivity contribution < 1.29 is 14.7 Å². The summed E-state index contributed by atoms with van der Waals surface area (Å²) in [5, 5.41) is 9.26. The normalized spacial score (nSPS) is 28.5. The van der Waals surface area contributed by atoms with E-state index < -0.39 is 22.5 Å². The first kappa shape index (κ1) is 15.3. The second kappa shape index (κ2) is 5.47. The fraction of sp³-hybridized carbons (Fsp3) is 0.333. The Morgan fingerprint density at radius 1 is 1.44 bits per heavy atom. The van der Waals surface area contributed by atoms with E-state index >= 15 is 0 Å². The van der Waals surface area contributed by atoms with Crippen LogP contribution in [0.1, 0.15) is 13.8 Å². The molecule has 0 radical (unpaired) electrons. The number of hydrogen-bond acceptors (Lipinski definition) is 2. The maximum atomic E-state index is 12.2. The number of carboxylic acids is 1. The molecule has 3 nitrogen and oxygen atoms in total. The molecule has 0 spiro atoms. The van der Waals surface area contributed by atoms with Gasteiger partial charge in [-0.25, -0.2) is 0 Å². The van der Waals surface area contributed by atoms with E-state index in [0.717, 1.165) is 0 Å². The van der Waals surface area contributed by atoms with Gasteiger partial charge in [0.1, 0.15) is 10.8 Å². The summed E-state index contributed by atoms with van der Waals surface area (Å²) in [6.45, 7) is 3.22. The van der Waals surface area contributed by atoms with Gasteiger partial charge in [-0.1, -0.05) is 29.3 Å². The van der Waals surface area contributed by atoms with Gasteiger partial charge in [-0.3, -0.25) is 9.59 Å². The number of hydrogen-bond donors (Lipinski definition) is 1. The third-order valence-electron chi connectivity index (χ3n) is 2.71. The smallest absolute Gasteiger partial charge is 0.314 e. The van der Waals surface area contributed by atoms with E-state index in [-0.39, 0.29) is 10.1 Å². The highest BCUT2D eigenvalue weighted by Crippen LogP contribution is 2.42. The molecule has 0 aliphatic heterocycles. The van der Waals surface area contributed by atoms with Crippen LogP contribution < -0.4 is 0 Å². The van der Waals surface area contributed by atoms with Gasteiger partial charge in [0, 0.05) is 10.1 Å². The molecule has 0 saturated carbocycles. The minimum Gasteiger partial charge on any atom is -0.481 e. The molecule has 0 fully saturated rings. The molecule has 2 unspecified atom stereocenters. The van der Waals surface area contributed by atoms with Crippen LogP contribution in [0.3, 0.4) is 0 Å². The zero-order valence-electron chi connectivity index (χ0n) is 9.71. The number of aliphatic carboxylic acids is 1. The minimum atomic E-state index is -1.79. The number of halogens is 3. The van der Waals surface area contributed by atoms with E-state index in [1.54, 1.807) is 19.9 Å². The molecule has 2 atom stereocenters. The Bertz CT molecular complexity index is 491. The molecule has 0 saturated heterocycles. The summed E-state index contributed by atoms with van der Waals surface area (Å²) in [6.07, 6.45) is 4.05. The van der Waals surface area contributed by atoms with Crippen LogP contribution in [-0.4, -0.2) is 21.7 Å². The van der Waals surface area contributed by atoms with Gasteiger partial charge in [0.25, 0.3) is 0 Å². The lowest BCUT2D eigenvalue weighted by Gasteiger charge is -2.31. The average Bonchev–Trinajstić information content (AvgIpc) is 2.24. The summed E-state index contributed by atoms with van der Waals surface area (Å²) in [7, 11) is 0. The van der Waals surface area contributed by atoms with Crippen molar-refractivity contribution in [2.24, 2.45) is 5.92 Å². The lowest BCUT2D eigenvalue weighted by atomic mass is 9.81. The number of rotatable bonds is 3. The van der Waals surface area contributed by atoms with E-state index in [9.17, 15) is 14.7 Å². The van der Waals surface area contributed by atoms with E-state index in [0.29, 0.717) is 5.57 Å². The monoisotopic (exact) mass is 308 g/mol. The van der Waals surface area contributed by atoms with Gasteiger partial charge < -0.3 is 5.11 Å².